The molecule has 1 heterocycles. The number of H-pyrrole nitrogens is 1. The molecule has 14 heavy (non-hydrogen) atoms. The van der Waals surface area contributed by atoms with Crippen LogP contribution in [0.1, 0.15) is 5.82 Å². The lowest BCUT2D eigenvalue weighted by molar-refractivity contribution is 0.969. The molecule has 2 rings (SSSR count). The molecule has 0 bridgehead atoms. The highest BCUT2D eigenvalue weighted by atomic mass is 32.2. The van der Waals surface area contributed by atoms with Crippen molar-refractivity contribution in [2.24, 2.45) is 0 Å². The normalized spacial score (nSPS) is 10.4. The van der Waals surface area contributed by atoms with E-state index in [2.05, 4.69) is 15.2 Å². The summed E-state index contributed by atoms with van der Waals surface area (Å²) in [5.41, 5.74) is 6.34. The SMILES string of the molecule is Cc1nc(Sc2ccc(N)cc2)n[nH]1. The highest BCUT2D eigenvalue weighted by Gasteiger charge is 2.01. The van der Waals surface area contributed by atoms with Crippen LogP contribution < -0.4 is 5.73 Å². The fourth-order valence-electron chi connectivity index (χ4n) is 1.01. The van der Waals surface area contributed by atoms with Gasteiger partial charge >= 0.3 is 0 Å². The number of aromatic nitrogens is 3. The summed E-state index contributed by atoms with van der Waals surface area (Å²) in [4.78, 5) is 5.28. The molecular formula is C9H10N4S. The molecule has 72 valence electrons. The third kappa shape index (κ3) is 2.05. The molecule has 0 spiro atoms. The van der Waals surface area contributed by atoms with E-state index in [1.807, 2.05) is 31.2 Å². The van der Waals surface area contributed by atoms with Crippen molar-refractivity contribution in [3.05, 3.63) is 30.1 Å². The summed E-state index contributed by atoms with van der Waals surface area (Å²) >= 11 is 1.51. The van der Waals surface area contributed by atoms with Crippen molar-refractivity contribution in [3.63, 3.8) is 0 Å². The fourth-order valence-corrected chi connectivity index (χ4v) is 1.77. The standard InChI is InChI=1S/C9H10N4S/c1-6-11-9(13-12-6)14-8-4-2-7(10)3-5-8/h2-5H,10H2,1H3,(H,11,12,13). The molecule has 0 radical (unpaired) electrons. The van der Waals surface area contributed by atoms with E-state index in [9.17, 15) is 0 Å². The third-order valence-electron chi connectivity index (χ3n) is 1.67. The minimum atomic E-state index is 0.729. The number of hydrogen-bond acceptors (Lipinski definition) is 4. The smallest absolute Gasteiger partial charge is 0.213 e. The van der Waals surface area contributed by atoms with Gasteiger partial charge in [0.25, 0.3) is 0 Å². The molecule has 0 amide bonds. The zero-order valence-electron chi connectivity index (χ0n) is 7.69. The van der Waals surface area contributed by atoms with Crippen molar-refractivity contribution >= 4 is 17.4 Å². The number of nitrogens with one attached hydrogen (secondary N) is 1. The Hall–Kier alpha value is -1.49. The largest absolute Gasteiger partial charge is 0.399 e. The first kappa shape index (κ1) is 9.08. The average Bonchev–Trinajstić information content (AvgIpc) is 2.56. The van der Waals surface area contributed by atoms with Gasteiger partial charge in [-0.25, -0.2) is 4.98 Å². The second-order valence-electron chi connectivity index (χ2n) is 2.87. The maximum Gasteiger partial charge on any atom is 0.213 e. The van der Waals surface area contributed by atoms with E-state index in [4.69, 9.17) is 5.73 Å². The van der Waals surface area contributed by atoms with Crippen LogP contribution in [-0.4, -0.2) is 15.2 Å². The molecule has 3 N–H and O–H groups in total. The van der Waals surface area contributed by atoms with Crippen LogP contribution in [0.2, 0.25) is 0 Å². The van der Waals surface area contributed by atoms with E-state index in [0.29, 0.717) is 0 Å². The minimum Gasteiger partial charge on any atom is -0.399 e. The molecule has 0 fully saturated rings. The van der Waals surface area contributed by atoms with Crippen molar-refractivity contribution in [2.75, 3.05) is 5.73 Å². The molecule has 0 aliphatic carbocycles. The number of aryl methyl sites for hydroxylation is 1. The van der Waals surface area contributed by atoms with E-state index in [1.165, 1.54) is 11.8 Å². The number of hydrogen-bond donors (Lipinski definition) is 2. The van der Waals surface area contributed by atoms with Crippen LogP contribution in [0.5, 0.6) is 0 Å². The maximum atomic E-state index is 5.58. The highest BCUT2D eigenvalue weighted by molar-refractivity contribution is 7.99. The zero-order chi connectivity index (χ0) is 9.97. The maximum absolute atomic E-state index is 5.58. The Balaban J connectivity index is 2.15. The van der Waals surface area contributed by atoms with Crippen LogP contribution >= 0.6 is 11.8 Å². The molecule has 0 aliphatic heterocycles. The van der Waals surface area contributed by atoms with E-state index in [0.717, 1.165) is 21.6 Å². The predicted molar refractivity (Wildman–Crippen MR) is 56.1 cm³/mol. The van der Waals surface area contributed by atoms with Crippen LogP contribution in [0.15, 0.2) is 34.3 Å². The Morgan fingerprint density at radius 2 is 2.00 bits per heavy atom. The Kier molecular flexibility index (Phi) is 2.41. The summed E-state index contributed by atoms with van der Waals surface area (Å²) in [6, 6.07) is 7.63. The first-order valence-electron chi connectivity index (χ1n) is 4.16. The van der Waals surface area contributed by atoms with Crippen LogP contribution in [0, 0.1) is 6.92 Å². The van der Waals surface area contributed by atoms with Crippen molar-refractivity contribution in [1.82, 2.24) is 15.2 Å². The van der Waals surface area contributed by atoms with Crippen LogP contribution in [-0.2, 0) is 0 Å². The van der Waals surface area contributed by atoms with Gasteiger partial charge in [0.15, 0.2) is 0 Å². The molecule has 1 aromatic heterocycles. The van der Waals surface area contributed by atoms with Gasteiger partial charge in [0.2, 0.25) is 5.16 Å². The summed E-state index contributed by atoms with van der Waals surface area (Å²) < 4.78 is 0. The summed E-state index contributed by atoms with van der Waals surface area (Å²) in [5, 5.41) is 7.55. The van der Waals surface area contributed by atoms with E-state index in [-0.39, 0.29) is 0 Å². The predicted octanol–water partition coefficient (Wildman–Crippen LogP) is 1.85. The number of nitrogens with two attached hydrogens (primary N) is 1. The van der Waals surface area contributed by atoms with Gasteiger partial charge in [-0.05, 0) is 43.0 Å². The minimum absolute atomic E-state index is 0.729. The van der Waals surface area contributed by atoms with Gasteiger partial charge < -0.3 is 5.73 Å². The van der Waals surface area contributed by atoms with E-state index < -0.39 is 0 Å². The molecule has 0 saturated heterocycles. The van der Waals surface area contributed by atoms with Crippen LogP contribution in [0.4, 0.5) is 5.69 Å². The molecule has 1 aromatic carbocycles. The second-order valence-corrected chi connectivity index (χ2v) is 3.92. The van der Waals surface area contributed by atoms with Gasteiger partial charge in [-0.15, -0.1) is 5.10 Å². The van der Waals surface area contributed by atoms with Gasteiger partial charge in [-0.3, -0.25) is 5.10 Å². The van der Waals surface area contributed by atoms with Crippen molar-refractivity contribution in [2.45, 2.75) is 17.0 Å². The van der Waals surface area contributed by atoms with Crippen LogP contribution in [0.3, 0.4) is 0 Å². The molecule has 0 atom stereocenters. The Bertz CT molecular complexity index is 421. The van der Waals surface area contributed by atoms with Crippen LogP contribution in [0.25, 0.3) is 0 Å². The topological polar surface area (TPSA) is 67.6 Å². The van der Waals surface area contributed by atoms with E-state index in [1.54, 1.807) is 0 Å². The summed E-state index contributed by atoms with van der Waals surface area (Å²) in [5.74, 6) is 0.822. The summed E-state index contributed by atoms with van der Waals surface area (Å²) in [6.07, 6.45) is 0. The second kappa shape index (κ2) is 3.71. The first-order chi connectivity index (χ1) is 6.74. The molecule has 4 nitrogen and oxygen atoms in total. The van der Waals surface area contributed by atoms with Gasteiger partial charge in [-0.1, -0.05) is 0 Å². The quantitative estimate of drug-likeness (QED) is 0.736. The van der Waals surface area contributed by atoms with Crippen molar-refractivity contribution < 1.29 is 0 Å². The number of nitrogen functional groups attached to an aromatic ring is 1. The number of anilines is 1. The van der Waals surface area contributed by atoms with E-state index >= 15 is 0 Å². The van der Waals surface area contributed by atoms with Gasteiger partial charge in [-0.2, -0.15) is 0 Å². The van der Waals surface area contributed by atoms with Crippen molar-refractivity contribution in [1.29, 1.82) is 0 Å². The number of aromatic amines is 1. The molecule has 0 aliphatic rings. The fraction of sp³-hybridized carbons (Fsp3) is 0.111. The van der Waals surface area contributed by atoms with Gasteiger partial charge in [0.1, 0.15) is 5.82 Å². The lowest BCUT2D eigenvalue weighted by Crippen LogP contribution is -1.83. The number of benzene rings is 1. The summed E-state index contributed by atoms with van der Waals surface area (Å²) in [6.45, 7) is 1.88. The Labute approximate surface area is 85.9 Å². The molecule has 2 aromatic rings. The molecule has 5 heteroatoms. The Morgan fingerprint density at radius 3 is 2.57 bits per heavy atom. The third-order valence-corrected chi connectivity index (χ3v) is 2.54. The zero-order valence-corrected chi connectivity index (χ0v) is 8.51. The Morgan fingerprint density at radius 1 is 1.29 bits per heavy atom. The highest BCUT2D eigenvalue weighted by Crippen LogP contribution is 2.24. The van der Waals surface area contributed by atoms with Gasteiger partial charge in [0, 0.05) is 10.6 Å². The number of rotatable bonds is 2. The molecule has 0 saturated carbocycles. The number of nitrogens with zero attached hydrogens (tertiary/aromatic N) is 2. The lowest BCUT2D eigenvalue weighted by Gasteiger charge is -1.96. The molecule has 0 unspecified atom stereocenters. The summed E-state index contributed by atoms with van der Waals surface area (Å²) in [7, 11) is 0. The molecular weight excluding hydrogens is 196 g/mol. The van der Waals surface area contributed by atoms with Gasteiger partial charge in [0.05, 0.1) is 0 Å². The average molecular weight is 206 g/mol. The van der Waals surface area contributed by atoms with Crippen molar-refractivity contribution in [3.8, 4) is 0 Å². The first-order valence-corrected chi connectivity index (χ1v) is 4.98. The monoisotopic (exact) mass is 206 g/mol. The lowest BCUT2D eigenvalue weighted by atomic mass is 10.3.